The predicted octanol–water partition coefficient (Wildman–Crippen LogP) is 10.0. The SMILES string of the molecule is CC/C=C\C/C=C\C/C=C\C/C=C\CCCCCCCCCCCCCCC(=O)NC(COC1OC(CO)C(O)C(O)C1O)C(O)/C=C/CCCCCCCCCC. The van der Waals surface area contributed by atoms with Crippen LogP contribution in [0, 0.1) is 0 Å². The van der Waals surface area contributed by atoms with Gasteiger partial charge in [-0.05, 0) is 57.8 Å². The van der Waals surface area contributed by atoms with Gasteiger partial charge in [0.2, 0.25) is 5.91 Å². The molecule has 0 spiro atoms. The third-order valence-electron chi connectivity index (χ3n) is 10.8. The van der Waals surface area contributed by atoms with E-state index in [1.807, 2.05) is 6.08 Å². The van der Waals surface area contributed by atoms with Crippen molar-refractivity contribution in [2.45, 2.75) is 230 Å². The molecule has 0 radical (unpaired) electrons. The third-order valence-corrected chi connectivity index (χ3v) is 10.8. The molecule has 0 aliphatic carbocycles. The summed E-state index contributed by atoms with van der Waals surface area (Å²) in [4.78, 5) is 12.9. The lowest BCUT2D eigenvalue weighted by atomic mass is 9.99. The van der Waals surface area contributed by atoms with Gasteiger partial charge in [-0.15, -0.1) is 0 Å². The summed E-state index contributed by atoms with van der Waals surface area (Å²) in [6.07, 6.45) is 44.2. The molecule has 7 atom stereocenters. The van der Waals surface area contributed by atoms with Crippen LogP contribution in [0.1, 0.15) is 187 Å². The highest BCUT2D eigenvalue weighted by molar-refractivity contribution is 5.76. The van der Waals surface area contributed by atoms with E-state index in [4.69, 9.17) is 9.47 Å². The van der Waals surface area contributed by atoms with Gasteiger partial charge in [0.15, 0.2) is 6.29 Å². The Morgan fingerprint density at radius 3 is 1.59 bits per heavy atom. The molecule has 9 heteroatoms. The lowest BCUT2D eigenvalue weighted by Gasteiger charge is -2.40. The summed E-state index contributed by atoms with van der Waals surface area (Å²) in [5.41, 5.74) is 0. The van der Waals surface area contributed by atoms with Gasteiger partial charge in [0.1, 0.15) is 24.4 Å². The maximum atomic E-state index is 12.9. The van der Waals surface area contributed by atoms with Crippen molar-refractivity contribution in [3.63, 3.8) is 0 Å². The van der Waals surface area contributed by atoms with Gasteiger partial charge in [-0.2, -0.15) is 0 Å². The van der Waals surface area contributed by atoms with Crippen LogP contribution in [0.3, 0.4) is 0 Å². The number of rotatable bonds is 38. The molecule has 1 rings (SSSR count). The molecule has 0 saturated carbocycles. The Hall–Kier alpha value is -2.11. The second-order valence-corrected chi connectivity index (χ2v) is 16.2. The number of unbranched alkanes of at least 4 members (excludes halogenated alkanes) is 20. The first-order valence-corrected chi connectivity index (χ1v) is 23.5. The van der Waals surface area contributed by atoms with Crippen LogP contribution in [-0.4, -0.2) is 87.5 Å². The first-order valence-electron chi connectivity index (χ1n) is 23.5. The van der Waals surface area contributed by atoms with Gasteiger partial charge < -0.3 is 40.3 Å². The zero-order chi connectivity index (χ0) is 42.3. The van der Waals surface area contributed by atoms with Crippen LogP contribution < -0.4 is 5.32 Å². The molecule has 7 unspecified atom stereocenters. The van der Waals surface area contributed by atoms with Gasteiger partial charge in [-0.1, -0.05) is 184 Å². The summed E-state index contributed by atoms with van der Waals surface area (Å²) in [6, 6.07) is -0.805. The lowest BCUT2D eigenvalue weighted by Crippen LogP contribution is -2.60. The van der Waals surface area contributed by atoms with Gasteiger partial charge in [0, 0.05) is 6.42 Å². The van der Waals surface area contributed by atoms with Gasteiger partial charge >= 0.3 is 0 Å². The van der Waals surface area contributed by atoms with Crippen LogP contribution in [0.5, 0.6) is 0 Å². The Labute approximate surface area is 354 Å². The molecular weight excluding hydrogens is 731 g/mol. The van der Waals surface area contributed by atoms with Crippen LogP contribution in [0.4, 0.5) is 0 Å². The minimum Gasteiger partial charge on any atom is -0.394 e. The molecule has 6 N–H and O–H groups in total. The van der Waals surface area contributed by atoms with Crippen LogP contribution >= 0.6 is 0 Å². The van der Waals surface area contributed by atoms with Gasteiger partial charge in [0.25, 0.3) is 0 Å². The van der Waals surface area contributed by atoms with E-state index < -0.39 is 49.5 Å². The van der Waals surface area contributed by atoms with Crippen LogP contribution in [0.2, 0.25) is 0 Å². The monoisotopic (exact) mass is 818 g/mol. The molecule has 0 bridgehead atoms. The molecule has 1 heterocycles. The normalized spacial score (nSPS) is 21.4. The van der Waals surface area contributed by atoms with E-state index in [-0.39, 0.29) is 12.5 Å². The minimum absolute atomic E-state index is 0.184. The number of ether oxygens (including phenoxy) is 2. The fourth-order valence-electron chi connectivity index (χ4n) is 7.09. The van der Waals surface area contributed by atoms with Crippen molar-refractivity contribution in [2.75, 3.05) is 13.2 Å². The first kappa shape index (κ1) is 53.9. The Morgan fingerprint density at radius 1 is 0.603 bits per heavy atom. The van der Waals surface area contributed by atoms with E-state index in [0.717, 1.165) is 64.2 Å². The fourth-order valence-corrected chi connectivity index (χ4v) is 7.09. The Morgan fingerprint density at radius 2 is 1.07 bits per heavy atom. The molecule has 1 aliphatic heterocycles. The number of hydrogen-bond donors (Lipinski definition) is 6. The molecule has 336 valence electrons. The third kappa shape index (κ3) is 29.2. The van der Waals surface area contributed by atoms with Crippen molar-refractivity contribution < 1.29 is 39.8 Å². The van der Waals surface area contributed by atoms with Crippen molar-refractivity contribution in [1.29, 1.82) is 0 Å². The summed E-state index contributed by atoms with van der Waals surface area (Å²) in [5.74, 6) is -0.184. The number of nitrogens with one attached hydrogen (secondary N) is 1. The highest BCUT2D eigenvalue weighted by Gasteiger charge is 2.44. The number of carbonyl (C=O) groups excluding carboxylic acids is 1. The molecule has 0 aromatic heterocycles. The molecular formula is C49H87NO8. The van der Waals surface area contributed by atoms with E-state index in [2.05, 4.69) is 67.8 Å². The van der Waals surface area contributed by atoms with Crippen molar-refractivity contribution in [3.05, 3.63) is 60.8 Å². The largest absolute Gasteiger partial charge is 0.394 e. The van der Waals surface area contributed by atoms with Crippen LogP contribution in [0.25, 0.3) is 0 Å². The summed E-state index contributed by atoms with van der Waals surface area (Å²) in [7, 11) is 0. The standard InChI is InChI=1S/C49H87NO8/c1-3-5-7-9-11-13-15-16-17-18-19-20-21-22-23-24-25-26-27-28-29-31-33-35-37-39-45(53)50-42(41-57-49-48(56)47(55)46(54)44(40-51)58-49)43(52)38-36-34-32-30-14-12-10-8-6-4-2/h5,7,11,13,16-17,19-20,36,38,42-44,46-49,51-52,54-56H,3-4,6,8-10,12,14-15,18,21-35,37,39-41H2,1-2H3,(H,50,53)/b7-5-,13-11-,17-16-,20-19-,38-36+. The molecule has 0 aromatic rings. The maximum Gasteiger partial charge on any atom is 0.220 e. The highest BCUT2D eigenvalue weighted by Crippen LogP contribution is 2.22. The number of aliphatic hydroxyl groups is 5. The van der Waals surface area contributed by atoms with E-state index in [1.165, 1.54) is 103 Å². The van der Waals surface area contributed by atoms with Crippen molar-refractivity contribution in [1.82, 2.24) is 5.32 Å². The van der Waals surface area contributed by atoms with E-state index >= 15 is 0 Å². The highest BCUT2D eigenvalue weighted by atomic mass is 16.7. The lowest BCUT2D eigenvalue weighted by molar-refractivity contribution is -0.302. The van der Waals surface area contributed by atoms with Gasteiger partial charge in [0.05, 0.1) is 25.4 Å². The molecule has 1 amide bonds. The molecule has 0 aromatic carbocycles. The summed E-state index contributed by atoms with van der Waals surface area (Å²) in [5, 5.41) is 54.1. The molecule has 1 fully saturated rings. The zero-order valence-corrected chi connectivity index (χ0v) is 36.8. The van der Waals surface area contributed by atoms with Gasteiger partial charge in [-0.3, -0.25) is 4.79 Å². The maximum absolute atomic E-state index is 12.9. The number of carbonyl (C=O) groups is 1. The fraction of sp³-hybridized carbons (Fsp3) is 0.776. The van der Waals surface area contributed by atoms with Crippen LogP contribution in [-0.2, 0) is 14.3 Å². The van der Waals surface area contributed by atoms with E-state index in [9.17, 15) is 30.3 Å². The molecule has 58 heavy (non-hydrogen) atoms. The Kier molecular flexibility index (Phi) is 36.3. The predicted molar refractivity (Wildman–Crippen MR) is 239 cm³/mol. The molecule has 1 aliphatic rings. The van der Waals surface area contributed by atoms with Crippen LogP contribution in [0.15, 0.2) is 60.8 Å². The van der Waals surface area contributed by atoms with Crippen molar-refractivity contribution in [3.8, 4) is 0 Å². The van der Waals surface area contributed by atoms with Crippen molar-refractivity contribution >= 4 is 5.91 Å². The van der Waals surface area contributed by atoms with E-state index in [1.54, 1.807) is 6.08 Å². The zero-order valence-electron chi connectivity index (χ0n) is 36.8. The summed E-state index contributed by atoms with van der Waals surface area (Å²) >= 11 is 0. The average Bonchev–Trinajstić information content (AvgIpc) is 3.22. The Bertz CT molecular complexity index is 1090. The molecule has 9 nitrogen and oxygen atoms in total. The average molecular weight is 818 g/mol. The quantitative estimate of drug-likeness (QED) is 0.0267. The molecule has 1 saturated heterocycles. The van der Waals surface area contributed by atoms with E-state index in [0.29, 0.717) is 6.42 Å². The second-order valence-electron chi connectivity index (χ2n) is 16.2. The minimum atomic E-state index is -1.57. The summed E-state index contributed by atoms with van der Waals surface area (Å²) in [6.45, 7) is 3.63. The van der Waals surface area contributed by atoms with Gasteiger partial charge in [-0.25, -0.2) is 0 Å². The number of aliphatic hydroxyl groups excluding tert-OH is 5. The topological polar surface area (TPSA) is 149 Å². The summed E-state index contributed by atoms with van der Waals surface area (Å²) < 4.78 is 11.2. The smallest absolute Gasteiger partial charge is 0.220 e. The number of amides is 1. The Balaban J connectivity index is 2.24. The number of allylic oxidation sites excluding steroid dienone is 9. The van der Waals surface area contributed by atoms with Crippen molar-refractivity contribution in [2.24, 2.45) is 0 Å². The first-order chi connectivity index (χ1) is 28.3. The number of hydrogen-bond acceptors (Lipinski definition) is 8. The second kappa shape index (κ2) is 39.1.